The Hall–Kier alpha value is -0.0800. The highest BCUT2D eigenvalue weighted by molar-refractivity contribution is 4.98. The van der Waals surface area contributed by atoms with Gasteiger partial charge in [-0.05, 0) is 25.2 Å². The highest BCUT2D eigenvalue weighted by Gasteiger charge is 2.47. The van der Waals surface area contributed by atoms with Gasteiger partial charge in [0.1, 0.15) is 0 Å². The molecule has 1 fully saturated rings. The molecule has 3 atom stereocenters. The van der Waals surface area contributed by atoms with Crippen molar-refractivity contribution in [3.63, 3.8) is 0 Å². The summed E-state index contributed by atoms with van der Waals surface area (Å²) >= 11 is 0. The van der Waals surface area contributed by atoms with Crippen LogP contribution in [0.25, 0.3) is 0 Å². The largest absolute Gasteiger partial charge is 0.390 e. The van der Waals surface area contributed by atoms with Crippen LogP contribution in [0.4, 0.5) is 0 Å². The average Bonchev–Trinajstić information content (AvgIpc) is 2.10. The van der Waals surface area contributed by atoms with E-state index in [1.165, 1.54) is 0 Å². The Kier molecular flexibility index (Phi) is 3.13. The van der Waals surface area contributed by atoms with Crippen LogP contribution in [0, 0.1) is 5.92 Å². The molecule has 1 saturated carbocycles. The summed E-state index contributed by atoms with van der Waals surface area (Å²) in [7, 11) is 0. The quantitative estimate of drug-likeness (QED) is 0.677. The lowest BCUT2D eigenvalue weighted by Crippen LogP contribution is -2.54. The van der Waals surface area contributed by atoms with E-state index in [2.05, 4.69) is 6.92 Å². The van der Waals surface area contributed by atoms with Crippen molar-refractivity contribution < 1.29 is 10.2 Å². The Morgan fingerprint density at radius 2 is 2.25 bits per heavy atom. The molecule has 1 rings (SSSR count). The van der Waals surface area contributed by atoms with Crippen LogP contribution in [-0.2, 0) is 0 Å². The minimum Gasteiger partial charge on any atom is -0.390 e. The summed E-state index contributed by atoms with van der Waals surface area (Å²) < 4.78 is 0. The van der Waals surface area contributed by atoms with Crippen molar-refractivity contribution >= 4 is 0 Å². The summed E-state index contributed by atoms with van der Waals surface area (Å²) in [5, 5.41) is 19.6. The number of aliphatic hydroxyl groups is 2. The average molecular weight is 172 g/mol. The first kappa shape index (κ1) is 10.0. The van der Waals surface area contributed by atoms with E-state index in [1.807, 2.05) is 6.92 Å². The van der Waals surface area contributed by atoms with Gasteiger partial charge in [0, 0.05) is 0 Å². The molecular formula is C10H20O2. The summed E-state index contributed by atoms with van der Waals surface area (Å²) in [6.45, 7) is 4.11. The van der Waals surface area contributed by atoms with Crippen molar-refractivity contribution in [2.45, 2.75) is 57.7 Å². The fourth-order valence-corrected chi connectivity index (χ4v) is 1.87. The van der Waals surface area contributed by atoms with E-state index in [0.717, 1.165) is 32.1 Å². The van der Waals surface area contributed by atoms with Crippen molar-refractivity contribution in [3.8, 4) is 0 Å². The Balaban J connectivity index is 2.35. The Morgan fingerprint density at radius 1 is 1.58 bits per heavy atom. The molecule has 0 radical (unpaired) electrons. The summed E-state index contributed by atoms with van der Waals surface area (Å²) in [6.07, 6.45) is 4.18. The maximum atomic E-state index is 9.92. The molecule has 0 bridgehead atoms. The van der Waals surface area contributed by atoms with Crippen LogP contribution in [0.15, 0.2) is 0 Å². The Labute approximate surface area is 74.6 Å². The van der Waals surface area contributed by atoms with Crippen molar-refractivity contribution in [1.29, 1.82) is 0 Å². The van der Waals surface area contributed by atoms with Crippen LogP contribution in [0.1, 0.15) is 46.0 Å². The summed E-state index contributed by atoms with van der Waals surface area (Å²) in [6, 6.07) is 0. The molecule has 1 aliphatic rings. The first-order valence-electron chi connectivity index (χ1n) is 5.01. The lowest BCUT2D eigenvalue weighted by atomic mass is 9.66. The van der Waals surface area contributed by atoms with E-state index >= 15 is 0 Å². The minimum atomic E-state index is -0.755. The van der Waals surface area contributed by atoms with Gasteiger partial charge in [0.25, 0.3) is 0 Å². The fraction of sp³-hybridized carbons (Fsp3) is 1.00. The molecule has 0 aliphatic heterocycles. The van der Waals surface area contributed by atoms with E-state index in [4.69, 9.17) is 0 Å². The topological polar surface area (TPSA) is 40.5 Å². The predicted octanol–water partition coefficient (Wildman–Crippen LogP) is 1.70. The first-order chi connectivity index (χ1) is 5.61. The lowest BCUT2D eigenvalue weighted by molar-refractivity contribution is -0.165. The molecule has 2 N–H and O–H groups in total. The monoisotopic (exact) mass is 172 g/mol. The van der Waals surface area contributed by atoms with Crippen LogP contribution < -0.4 is 0 Å². The molecule has 0 heterocycles. The molecular weight excluding hydrogens is 152 g/mol. The van der Waals surface area contributed by atoms with Crippen LogP contribution in [-0.4, -0.2) is 21.9 Å². The third-order valence-corrected chi connectivity index (χ3v) is 3.24. The zero-order chi connectivity index (χ0) is 9.19. The molecule has 0 aromatic rings. The van der Waals surface area contributed by atoms with Gasteiger partial charge in [-0.1, -0.05) is 26.7 Å². The summed E-state index contributed by atoms with van der Waals surface area (Å²) in [5.41, 5.74) is -0.755. The summed E-state index contributed by atoms with van der Waals surface area (Å²) in [5.74, 6) is 0.282. The van der Waals surface area contributed by atoms with Crippen molar-refractivity contribution in [1.82, 2.24) is 0 Å². The van der Waals surface area contributed by atoms with Gasteiger partial charge in [0.05, 0.1) is 11.7 Å². The van der Waals surface area contributed by atoms with Gasteiger partial charge >= 0.3 is 0 Å². The van der Waals surface area contributed by atoms with Gasteiger partial charge in [0.2, 0.25) is 0 Å². The SMILES string of the molecule is CCCCC(O)C1(O)CCC1C. The highest BCUT2D eigenvalue weighted by Crippen LogP contribution is 2.41. The van der Waals surface area contributed by atoms with Crippen LogP contribution in [0.3, 0.4) is 0 Å². The van der Waals surface area contributed by atoms with Crippen molar-refractivity contribution in [3.05, 3.63) is 0 Å². The molecule has 2 heteroatoms. The van der Waals surface area contributed by atoms with E-state index in [9.17, 15) is 10.2 Å². The molecule has 0 spiro atoms. The second-order valence-electron chi connectivity index (χ2n) is 4.09. The van der Waals surface area contributed by atoms with E-state index in [0.29, 0.717) is 0 Å². The second-order valence-corrected chi connectivity index (χ2v) is 4.09. The second kappa shape index (κ2) is 3.75. The molecule has 0 saturated heterocycles. The number of hydrogen-bond acceptors (Lipinski definition) is 2. The molecule has 1 aliphatic carbocycles. The smallest absolute Gasteiger partial charge is 0.0930 e. The van der Waals surface area contributed by atoms with Gasteiger partial charge in [-0.25, -0.2) is 0 Å². The zero-order valence-corrected chi connectivity index (χ0v) is 8.08. The number of rotatable bonds is 4. The molecule has 3 unspecified atom stereocenters. The number of unbranched alkanes of at least 4 members (excludes halogenated alkanes) is 1. The third kappa shape index (κ3) is 1.64. The standard InChI is InChI=1S/C10H20O2/c1-3-4-5-9(11)10(12)7-6-8(10)2/h8-9,11-12H,3-7H2,1-2H3. The fourth-order valence-electron chi connectivity index (χ4n) is 1.87. The number of aliphatic hydroxyl groups excluding tert-OH is 1. The van der Waals surface area contributed by atoms with E-state index in [-0.39, 0.29) is 5.92 Å². The van der Waals surface area contributed by atoms with Gasteiger partial charge in [-0.3, -0.25) is 0 Å². The van der Waals surface area contributed by atoms with Crippen LogP contribution >= 0.6 is 0 Å². The predicted molar refractivity (Wildman–Crippen MR) is 48.9 cm³/mol. The van der Waals surface area contributed by atoms with E-state index in [1.54, 1.807) is 0 Å². The van der Waals surface area contributed by atoms with Crippen molar-refractivity contribution in [2.24, 2.45) is 5.92 Å². The molecule has 12 heavy (non-hydrogen) atoms. The van der Waals surface area contributed by atoms with Crippen LogP contribution in [0.5, 0.6) is 0 Å². The molecule has 0 aromatic heterocycles. The number of hydrogen-bond donors (Lipinski definition) is 2. The van der Waals surface area contributed by atoms with Gasteiger partial charge < -0.3 is 10.2 Å². The normalized spacial score (nSPS) is 37.5. The van der Waals surface area contributed by atoms with Crippen molar-refractivity contribution in [2.75, 3.05) is 0 Å². The van der Waals surface area contributed by atoms with Gasteiger partial charge in [-0.15, -0.1) is 0 Å². The van der Waals surface area contributed by atoms with Gasteiger partial charge in [0.15, 0.2) is 0 Å². The van der Waals surface area contributed by atoms with E-state index < -0.39 is 11.7 Å². The molecule has 0 aromatic carbocycles. The maximum absolute atomic E-state index is 9.92. The maximum Gasteiger partial charge on any atom is 0.0930 e. The third-order valence-electron chi connectivity index (χ3n) is 3.24. The minimum absolute atomic E-state index is 0.282. The van der Waals surface area contributed by atoms with Gasteiger partial charge in [-0.2, -0.15) is 0 Å². The summed E-state index contributed by atoms with van der Waals surface area (Å²) in [4.78, 5) is 0. The lowest BCUT2D eigenvalue weighted by Gasteiger charge is -2.46. The molecule has 72 valence electrons. The zero-order valence-electron chi connectivity index (χ0n) is 8.08. The first-order valence-corrected chi connectivity index (χ1v) is 5.01. The molecule has 0 amide bonds. The molecule has 2 nitrogen and oxygen atoms in total. The van der Waals surface area contributed by atoms with Crippen LogP contribution in [0.2, 0.25) is 0 Å². The highest BCUT2D eigenvalue weighted by atomic mass is 16.3. The Bertz CT molecular complexity index is 147. The Morgan fingerprint density at radius 3 is 2.58 bits per heavy atom.